The minimum Gasteiger partial charge on any atom is -0.479 e. The first-order valence-electron chi connectivity index (χ1n) is 3.72. The minimum absolute atomic E-state index is 0.0936. The van der Waals surface area contributed by atoms with Crippen molar-refractivity contribution in [3.05, 3.63) is 17.5 Å². The third-order valence-corrected chi connectivity index (χ3v) is 1.27. The number of rotatable bonds is 3. The minimum atomic E-state index is -1.12. The number of aromatic nitrogens is 2. The van der Waals surface area contributed by atoms with E-state index in [1.165, 1.54) is 6.07 Å². The van der Waals surface area contributed by atoms with Crippen LogP contribution in [0.5, 0.6) is 6.01 Å². The van der Waals surface area contributed by atoms with Gasteiger partial charge >= 0.3 is 12.0 Å². The van der Waals surface area contributed by atoms with Crippen molar-refractivity contribution in [2.45, 2.75) is 6.92 Å². The van der Waals surface area contributed by atoms with E-state index in [4.69, 9.17) is 15.1 Å². The summed E-state index contributed by atoms with van der Waals surface area (Å²) in [5.41, 5.74) is 0.704. The Hall–Kier alpha value is -2.16. The van der Waals surface area contributed by atoms with Crippen LogP contribution in [-0.2, 0) is 4.79 Å². The molecule has 0 unspecified atom stereocenters. The fraction of sp³-hybridized carbons (Fsp3) is 0.250. The molecule has 0 fully saturated rings. The van der Waals surface area contributed by atoms with Crippen LogP contribution in [0.15, 0.2) is 6.07 Å². The number of aryl methyl sites for hydroxylation is 1. The highest BCUT2D eigenvalue weighted by atomic mass is 16.5. The number of ether oxygens (including phenoxy) is 1. The quantitative estimate of drug-likeness (QED) is 0.732. The summed E-state index contributed by atoms with van der Waals surface area (Å²) in [6.45, 7) is 1.14. The summed E-state index contributed by atoms with van der Waals surface area (Å²) in [5.74, 6) is -1.12. The Morgan fingerprint density at radius 1 is 1.71 bits per heavy atom. The van der Waals surface area contributed by atoms with Gasteiger partial charge in [0, 0.05) is 5.69 Å². The highest BCUT2D eigenvalue weighted by Crippen LogP contribution is 2.05. The molecule has 0 saturated heterocycles. The molecule has 6 nitrogen and oxygen atoms in total. The molecule has 1 aromatic heterocycles. The number of nitriles is 1. The Morgan fingerprint density at radius 2 is 2.43 bits per heavy atom. The fourth-order valence-corrected chi connectivity index (χ4v) is 0.789. The second-order valence-electron chi connectivity index (χ2n) is 2.47. The normalized spacial score (nSPS) is 9.14. The Balaban J connectivity index is 2.82. The van der Waals surface area contributed by atoms with Gasteiger partial charge in [0.05, 0.1) is 0 Å². The van der Waals surface area contributed by atoms with E-state index in [9.17, 15) is 4.79 Å². The van der Waals surface area contributed by atoms with Crippen LogP contribution in [0.2, 0.25) is 0 Å². The number of hydrogen-bond acceptors (Lipinski definition) is 5. The Bertz CT molecular complexity index is 397. The second-order valence-corrected chi connectivity index (χ2v) is 2.47. The van der Waals surface area contributed by atoms with Crippen molar-refractivity contribution in [2.75, 3.05) is 6.61 Å². The molecule has 0 aliphatic rings. The summed E-state index contributed by atoms with van der Waals surface area (Å²) in [6, 6.07) is 3.20. The smallest absolute Gasteiger partial charge is 0.341 e. The molecule has 72 valence electrons. The van der Waals surface area contributed by atoms with Gasteiger partial charge in [0.1, 0.15) is 11.8 Å². The summed E-state index contributed by atoms with van der Waals surface area (Å²) in [7, 11) is 0. The molecular weight excluding hydrogens is 186 g/mol. The maximum atomic E-state index is 10.2. The first kappa shape index (κ1) is 9.92. The van der Waals surface area contributed by atoms with Gasteiger partial charge in [-0.3, -0.25) is 0 Å². The van der Waals surface area contributed by atoms with Crippen molar-refractivity contribution in [3.8, 4) is 12.1 Å². The van der Waals surface area contributed by atoms with Crippen molar-refractivity contribution in [1.82, 2.24) is 9.97 Å². The van der Waals surface area contributed by atoms with E-state index in [2.05, 4.69) is 9.97 Å². The molecule has 0 radical (unpaired) electrons. The molecule has 0 aliphatic carbocycles. The molecule has 1 rings (SSSR count). The Kier molecular flexibility index (Phi) is 2.97. The number of carboxylic acid groups (broad SMARTS) is 1. The second kappa shape index (κ2) is 4.18. The van der Waals surface area contributed by atoms with Crippen molar-refractivity contribution >= 4 is 5.97 Å². The number of aliphatic carboxylic acids is 1. The predicted octanol–water partition coefficient (Wildman–Crippen LogP) is 0.120. The number of carbonyl (C=O) groups is 1. The molecule has 0 aliphatic heterocycles. The average Bonchev–Trinajstić information content (AvgIpc) is 2.14. The zero-order valence-electron chi connectivity index (χ0n) is 7.39. The van der Waals surface area contributed by atoms with Crippen molar-refractivity contribution < 1.29 is 14.6 Å². The fourth-order valence-electron chi connectivity index (χ4n) is 0.789. The molecule has 0 spiro atoms. The molecule has 0 atom stereocenters. The first-order chi connectivity index (χ1) is 6.61. The van der Waals surface area contributed by atoms with E-state index in [1.807, 2.05) is 6.07 Å². The standard InChI is InChI=1S/C8H7N3O3/c1-5-2-6(3-9)11-8(10-5)14-4-7(12)13/h2H,4H2,1H3,(H,12,13). The van der Waals surface area contributed by atoms with Gasteiger partial charge in [-0.15, -0.1) is 0 Å². The lowest BCUT2D eigenvalue weighted by Gasteiger charge is -2.01. The monoisotopic (exact) mass is 193 g/mol. The lowest BCUT2D eigenvalue weighted by atomic mass is 10.3. The zero-order valence-corrected chi connectivity index (χ0v) is 7.39. The molecule has 0 saturated carbocycles. The molecule has 0 aromatic carbocycles. The van der Waals surface area contributed by atoms with Crippen LogP contribution >= 0.6 is 0 Å². The van der Waals surface area contributed by atoms with Crippen LogP contribution in [-0.4, -0.2) is 27.7 Å². The van der Waals surface area contributed by atoms with Gasteiger partial charge < -0.3 is 9.84 Å². The van der Waals surface area contributed by atoms with Gasteiger partial charge in [-0.05, 0) is 13.0 Å². The predicted molar refractivity (Wildman–Crippen MR) is 44.6 cm³/mol. The highest BCUT2D eigenvalue weighted by Gasteiger charge is 2.04. The van der Waals surface area contributed by atoms with E-state index < -0.39 is 12.6 Å². The zero-order chi connectivity index (χ0) is 10.6. The summed E-state index contributed by atoms with van der Waals surface area (Å²) in [5, 5.41) is 16.9. The highest BCUT2D eigenvalue weighted by molar-refractivity contribution is 5.68. The molecule has 0 bridgehead atoms. The lowest BCUT2D eigenvalue weighted by Crippen LogP contribution is -2.11. The largest absolute Gasteiger partial charge is 0.479 e. The van der Waals surface area contributed by atoms with Gasteiger partial charge in [0.2, 0.25) is 0 Å². The van der Waals surface area contributed by atoms with E-state index in [0.29, 0.717) is 5.69 Å². The summed E-state index contributed by atoms with van der Waals surface area (Å²) in [6.07, 6.45) is 0. The third-order valence-electron chi connectivity index (χ3n) is 1.27. The molecule has 6 heteroatoms. The van der Waals surface area contributed by atoms with Crippen molar-refractivity contribution in [1.29, 1.82) is 5.26 Å². The van der Waals surface area contributed by atoms with Crippen LogP contribution < -0.4 is 4.74 Å². The maximum absolute atomic E-state index is 10.2. The Labute approximate surface area is 79.8 Å². The van der Waals surface area contributed by atoms with Crippen molar-refractivity contribution in [2.24, 2.45) is 0 Å². The van der Waals surface area contributed by atoms with Gasteiger partial charge in [-0.2, -0.15) is 10.2 Å². The molecule has 0 amide bonds. The topological polar surface area (TPSA) is 96.1 Å². The molecule has 1 heterocycles. The van der Waals surface area contributed by atoms with E-state index in [-0.39, 0.29) is 11.7 Å². The number of nitrogens with zero attached hydrogens (tertiary/aromatic N) is 3. The van der Waals surface area contributed by atoms with Crippen LogP contribution in [0.4, 0.5) is 0 Å². The van der Waals surface area contributed by atoms with Crippen molar-refractivity contribution in [3.63, 3.8) is 0 Å². The Morgan fingerprint density at radius 3 is 3.00 bits per heavy atom. The van der Waals surface area contributed by atoms with E-state index >= 15 is 0 Å². The van der Waals surface area contributed by atoms with Gasteiger partial charge in [-0.1, -0.05) is 0 Å². The number of hydrogen-bond donors (Lipinski definition) is 1. The lowest BCUT2D eigenvalue weighted by molar-refractivity contribution is -0.139. The summed E-state index contributed by atoms with van der Waals surface area (Å²) < 4.78 is 4.72. The molecule has 14 heavy (non-hydrogen) atoms. The first-order valence-corrected chi connectivity index (χ1v) is 3.72. The number of carboxylic acids is 1. The van der Waals surface area contributed by atoms with E-state index in [1.54, 1.807) is 6.92 Å². The van der Waals surface area contributed by atoms with Crippen LogP contribution in [0, 0.1) is 18.3 Å². The third kappa shape index (κ3) is 2.71. The van der Waals surface area contributed by atoms with E-state index in [0.717, 1.165) is 0 Å². The SMILES string of the molecule is Cc1cc(C#N)nc(OCC(=O)O)n1. The molecule has 1 aromatic rings. The van der Waals surface area contributed by atoms with Crippen LogP contribution in [0.1, 0.15) is 11.4 Å². The summed E-state index contributed by atoms with van der Waals surface area (Å²) in [4.78, 5) is 17.6. The van der Waals surface area contributed by atoms with Gasteiger partial charge in [-0.25, -0.2) is 9.78 Å². The molecule has 1 N–H and O–H groups in total. The van der Waals surface area contributed by atoms with Crippen LogP contribution in [0.25, 0.3) is 0 Å². The maximum Gasteiger partial charge on any atom is 0.341 e. The van der Waals surface area contributed by atoms with Crippen LogP contribution in [0.3, 0.4) is 0 Å². The average molecular weight is 193 g/mol. The summed E-state index contributed by atoms with van der Waals surface area (Å²) >= 11 is 0. The molecular formula is C8H7N3O3. The van der Waals surface area contributed by atoms with Gasteiger partial charge in [0.25, 0.3) is 0 Å². The van der Waals surface area contributed by atoms with Gasteiger partial charge in [0.15, 0.2) is 6.61 Å².